The Balaban J connectivity index is 2.36. The molecular formula is C11H13BrN4O. The van der Waals surface area contributed by atoms with Crippen molar-refractivity contribution < 1.29 is 4.74 Å². The van der Waals surface area contributed by atoms with Crippen LogP contribution in [0.25, 0.3) is 11.5 Å². The molecule has 0 fully saturated rings. The predicted molar refractivity (Wildman–Crippen MR) is 67.5 cm³/mol. The number of rotatable bonds is 4. The van der Waals surface area contributed by atoms with E-state index >= 15 is 0 Å². The Labute approximate surface area is 108 Å². The van der Waals surface area contributed by atoms with E-state index in [0.717, 1.165) is 16.1 Å². The lowest BCUT2D eigenvalue weighted by molar-refractivity contribution is 0.162. The highest BCUT2D eigenvalue weighted by Gasteiger charge is 2.13. The Morgan fingerprint density at radius 1 is 1.47 bits per heavy atom. The minimum atomic E-state index is 0.172. The molecular weight excluding hydrogens is 284 g/mol. The zero-order valence-electron chi connectivity index (χ0n) is 9.67. The fourth-order valence-electron chi connectivity index (χ4n) is 1.60. The summed E-state index contributed by atoms with van der Waals surface area (Å²) in [4.78, 5) is 4.37. The molecule has 0 saturated carbocycles. The molecule has 0 N–H and O–H groups in total. The van der Waals surface area contributed by atoms with Crippen LogP contribution in [-0.4, -0.2) is 33.5 Å². The molecule has 90 valence electrons. The number of aromatic nitrogens is 4. The second-order valence-electron chi connectivity index (χ2n) is 3.71. The zero-order chi connectivity index (χ0) is 12.3. The Hall–Kier alpha value is -1.27. The van der Waals surface area contributed by atoms with Crippen LogP contribution in [0.15, 0.2) is 29.1 Å². The average molecular weight is 297 g/mol. The fourth-order valence-corrected chi connectivity index (χ4v) is 1.95. The van der Waals surface area contributed by atoms with Crippen LogP contribution >= 0.6 is 15.9 Å². The molecule has 1 unspecified atom stereocenters. The molecule has 1 atom stereocenters. The normalized spacial score (nSPS) is 12.6. The van der Waals surface area contributed by atoms with Crippen LogP contribution in [0.2, 0.25) is 0 Å². The number of pyridine rings is 1. The first-order valence-corrected chi connectivity index (χ1v) is 6.03. The maximum Gasteiger partial charge on any atom is 0.182 e. The minimum absolute atomic E-state index is 0.172. The van der Waals surface area contributed by atoms with Crippen molar-refractivity contribution in [3.63, 3.8) is 0 Å². The number of nitrogens with zero attached hydrogens (tertiary/aromatic N) is 4. The summed E-state index contributed by atoms with van der Waals surface area (Å²) in [6.07, 6.45) is 1.70. The molecule has 0 amide bonds. The van der Waals surface area contributed by atoms with E-state index in [-0.39, 0.29) is 6.04 Å². The third-order valence-electron chi connectivity index (χ3n) is 2.40. The standard InChI is InChI=1S/C11H13BrN4O/c1-8(6-17-2)16-7-13-15-11(16)9-4-3-5-10(12)14-9/h3-5,7-8H,6H2,1-2H3. The van der Waals surface area contributed by atoms with E-state index in [4.69, 9.17) is 4.74 Å². The van der Waals surface area contributed by atoms with Crippen LogP contribution in [0.3, 0.4) is 0 Å². The van der Waals surface area contributed by atoms with Gasteiger partial charge in [0.2, 0.25) is 0 Å². The van der Waals surface area contributed by atoms with Gasteiger partial charge in [0.15, 0.2) is 5.82 Å². The van der Waals surface area contributed by atoms with Gasteiger partial charge in [-0.1, -0.05) is 6.07 Å². The summed E-state index contributed by atoms with van der Waals surface area (Å²) >= 11 is 3.35. The summed E-state index contributed by atoms with van der Waals surface area (Å²) in [6.45, 7) is 2.66. The highest BCUT2D eigenvalue weighted by molar-refractivity contribution is 9.10. The fraction of sp³-hybridized carbons (Fsp3) is 0.364. The van der Waals surface area contributed by atoms with Gasteiger partial charge in [-0.2, -0.15) is 0 Å². The molecule has 0 radical (unpaired) electrons. The van der Waals surface area contributed by atoms with Gasteiger partial charge in [-0.3, -0.25) is 0 Å². The van der Waals surface area contributed by atoms with Crippen LogP contribution in [0.5, 0.6) is 0 Å². The van der Waals surface area contributed by atoms with E-state index in [1.807, 2.05) is 29.7 Å². The zero-order valence-corrected chi connectivity index (χ0v) is 11.3. The minimum Gasteiger partial charge on any atom is -0.383 e. The molecule has 6 heteroatoms. The van der Waals surface area contributed by atoms with E-state index in [1.54, 1.807) is 13.4 Å². The first-order valence-electron chi connectivity index (χ1n) is 5.23. The first-order chi connectivity index (χ1) is 8.22. The molecule has 0 aromatic carbocycles. The Kier molecular flexibility index (Phi) is 3.86. The summed E-state index contributed by atoms with van der Waals surface area (Å²) in [6, 6.07) is 5.88. The molecule has 5 nitrogen and oxygen atoms in total. The number of hydrogen-bond acceptors (Lipinski definition) is 4. The summed E-state index contributed by atoms with van der Waals surface area (Å²) in [5.74, 6) is 0.746. The van der Waals surface area contributed by atoms with Crippen molar-refractivity contribution in [2.24, 2.45) is 0 Å². The highest BCUT2D eigenvalue weighted by Crippen LogP contribution is 2.20. The molecule has 0 aliphatic heterocycles. The molecule has 0 saturated heterocycles. The highest BCUT2D eigenvalue weighted by atomic mass is 79.9. The van der Waals surface area contributed by atoms with Crippen molar-refractivity contribution in [3.8, 4) is 11.5 Å². The number of halogens is 1. The smallest absolute Gasteiger partial charge is 0.182 e. The molecule has 2 heterocycles. The topological polar surface area (TPSA) is 52.8 Å². The molecule has 0 bridgehead atoms. The predicted octanol–water partition coefficient (Wildman–Crippen LogP) is 2.31. The van der Waals surface area contributed by atoms with Gasteiger partial charge in [-0.25, -0.2) is 4.98 Å². The van der Waals surface area contributed by atoms with E-state index in [0.29, 0.717) is 6.61 Å². The van der Waals surface area contributed by atoms with Crippen LogP contribution < -0.4 is 0 Å². The van der Waals surface area contributed by atoms with Gasteiger partial charge in [0.25, 0.3) is 0 Å². The average Bonchev–Trinajstić information content (AvgIpc) is 2.78. The summed E-state index contributed by atoms with van der Waals surface area (Å²) in [5.41, 5.74) is 0.792. The summed E-state index contributed by atoms with van der Waals surface area (Å²) in [7, 11) is 1.68. The SMILES string of the molecule is COCC(C)n1cnnc1-c1cccc(Br)n1. The van der Waals surface area contributed by atoms with E-state index in [2.05, 4.69) is 31.1 Å². The third-order valence-corrected chi connectivity index (χ3v) is 2.84. The van der Waals surface area contributed by atoms with Crippen molar-refractivity contribution in [2.45, 2.75) is 13.0 Å². The molecule has 2 rings (SSSR count). The van der Waals surface area contributed by atoms with Gasteiger partial charge in [-0.15, -0.1) is 10.2 Å². The Bertz CT molecular complexity index is 500. The van der Waals surface area contributed by atoms with Crippen LogP contribution in [0.1, 0.15) is 13.0 Å². The van der Waals surface area contributed by atoms with E-state index < -0.39 is 0 Å². The second-order valence-corrected chi connectivity index (χ2v) is 4.52. The summed E-state index contributed by atoms with van der Waals surface area (Å²) in [5, 5.41) is 8.04. The Morgan fingerprint density at radius 2 is 2.29 bits per heavy atom. The van der Waals surface area contributed by atoms with Crippen LogP contribution in [-0.2, 0) is 4.74 Å². The Morgan fingerprint density at radius 3 is 3.00 bits per heavy atom. The lowest BCUT2D eigenvalue weighted by Crippen LogP contribution is -2.11. The third kappa shape index (κ3) is 2.70. The first kappa shape index (κ1) is 12.2. The van der Waals surface area contributed by atoms with Gasteiger partial charge in [0, 0.05) is 7.11 Å². The number of hydrogen-bond donors (Lipinski definition) is 0. The number of methoxy groups -OCH3 is 1. The van der Waals surface area contributed by atoms with Crippen molar-refractivity contribution in [2.75, 3.05) is 13.7 Å². The van der Waals surface area contributed by atoms with Crippen LogP contribution in [0.4, 0.5) is 0 Å². The maximum atomic E-state index is 5.14. The van der Waals surface area contributed by atoms with Crippen molar-refractivity contribution >= 4 is 15.9 Å². The molecule has 2 aromatic rings. The van der Waals surface area contributed by atoms with Gasteiger partial charge in [0.1, 0.15) is 16.6 Å². The largest absolute Gasteiger partial charge is 0.383 e. The molecule has 17 heavy (non-hydrogen) atoms. The van der Waals surface area contributed by atoms with Gasteiger partial charge >= 0.3 is 0 Å². The number of ether oxygens (including phenoxy) is 1. The maximum absolute atomic E-state index is 5.14. The van der Waals surface area contributed by atoms with E-state index in [9.17, 15) is 0 Å². The monoisotopic (exact) mass is 296 g/mol. The quantitative estimate of drug-likeness (QED) is 0.813. The van der Waals surface area contributed by atoms with Crippen molar-refractivity contribution in [3.05, 3.63) is 29.1 Å². The second kappa shape index (κ2) is 5.37. The molecule has 0 aliphatic rings. The lowest BCUT2D eigenvalue weighted by Gasteiger charge is -2.13. The summed E-state index contributed by atoms with van der Waals surface area (Å²) < 4.78 is 7.87. The lowest BCUT2D eigenvalue weighted by atomic mass is 10.3. The van der Waals surface area contributed by atoms with Gasteiger partial charge in [0.05, 0.1) is 12.6 Å². The molecule has 0 aliphatic carbocycles. The molecule has 2 aromatic heterocycles. The van der Waals surface area contributed by atoms with E-state index in [1.165, 1.54) is 0 Å². The van der Waals surface area contributed by atoms with Crippen molar-refractivity contribution in [1.29, 1.82) is 0 Å². The van der Waals surface area contributed by atoms with Gasteiger partial charge < -0.3 is 9.30 Å². The van der Waals surface area contributed by atoms with Crippen molar-refractivity contribution in [1.82, 2.24) is 19.7 Å². The van der Waals surface area contributed by atoms with Crippen LogP contribution in [0, 0.1) is 0 Å². The van der Waals surface area contributed by atoms with Gasteiger partial charge in [-0.05, 0) is 35.0 Å². The molecule has 0 spiro atoms.